The molecule has 7 heteroatoms. The molecule has 0 aliphatic heterocycles. The van der Waals surface area contributed by atoms with Gasteiger partial charge >= 0.3 is 6.55 Å². The van der Waals surface area contributed by atoms with Gasteiger partial charge in [0, 0.05) is 17.3 Å². The van der Waals surface area contributed by atoms with Crippen LogP contribution in [0.15, 0.2) is 78.9 Å². The Labute approximate surface area is 176 Å². The van der Waals surface area contributed by atoms with E-state index in [4.69, 9.17) is 5.26 Å². The third-order valence-electron chi connectivity index (χ3n) is 4.67. The summed E-state index contributed by atoms with van der Waals surface area (Å²) in [5.74, 6) is -0.174. The standard InChI is InChI=1S/C24H16F2N4O/c25-24(26)30-21-4-2-1-3-20(21)29-23(30)18-10-12-19(13-11-18)28-22(31)14-9-16-5-7-17(15-27)8-6-16/h1-14,24H,(H,28,31)/b14-9+. The van der Waals surface area contributed by atoms with E-state index >= 15 is 0 Å². The predicted octanol–water partition coefficient (Wildman–Crippen LogP) is 5.62. The Morgan fingerprint density at radius 3 is 2.42 bits per heavy atom. The molecule has 0 radical (unpaired) electrons. The number of hydrogen-bond donors (Lipinski definition) is 1. The Hall–Kier alpha value is -4.31. The molecular weight excluding hydrogens is 398 g/mol. The molecule has 31 heavy (non-hydrogen) atoms. The van der Waals surface area contributed by atoms with Crippen LogP contribution in [0.3, 0.4) is 0 Å². The number of rotatable bonds is 5. The highest BCUT2D eigenvalue weighted by Gasteiger charge is 2.18. The fourth-order valence-corrected chi connectivity index (χ4v) is 3.17. The van der Waals surface area contributed by atoms with E-state index in [2.05, 4.69) is 10.3 Å². The molecule has 0 spiro atoms. The van der Waals surface area contributed by atoms with Gasteiger partial charge in [-0.25, -0.2) is 4.98 Å². The SMILES string of the molecule is N#Cc1ccc(/C=C/C(=O)Nc2ccc(-c3nc4ccccc4n3C(F)F)cc2)cc1. The molecule has 0 fully saturated rings. The molecule has 5 nitrogen and oxygen atoms in total. The first-order valence-corrected chi connectivity index (χ1v) is 9.40. The summed E-state index contributed by atoms with van der Waals surface area (Å²) in [5, 5.41) is 11.5. The van der Waals surface area contributed by atoms with Gasteiger partial charge in [-0.1, -0.05) is 24.3 Å². The second-order valence-electron chi connectivity index (χ2n) is 6.71. The first kappa shape index (κ1) is 20.0. The molecule has 0 aliphatic rings. The van der Waals surface area contributed by atoms with Gasteiger partial charge in [0.15, 0.2) is 0 Å². The molecular formula is C24H16F2N4O. The van der Waals surface area contributed by atoms with E-state index in [1.807, 2.05) is 6.07 Å². The monoisotopic (exact) mass is 414 g/mol. The summed E-state index contributed by atoms with van der Waals surface area (Å²) < 4.78 is 28.2. The Kier molecular flexibility index (Phi) is 5.54. The molecule has 1 aromatic heterocycles. The van der Waals surface area contributed by atoms with Crippen molar-refractivity contribution in [3.8, 4) is 17.5 Å². The Morgan fingerprint density at radius 1 is 1.03 bits per heavy atom. The van der Waals surface area contributed by atoms with Gasteiger partial charge < -0.3 is 5.32 Å². The zero-order valence-electron chi connectivity index (χ0n) is 16.2. The van der Waals surface area contributed by atoms with Crippen LogP contribution in [0.4, 0.5) is 14.5 Å². The van der Waals surface area contributed by atoms with Gasteiger partial charge in [0.05, 0.1) is 22.7 Å². The number of hydrogen-bond acceptors (Lipinski definition) is 3. The highest BCUT2D eigenvalue weighted by Crippen LogP contribution is 2.30. The molecule has 4 rings (SSSR count). The van der Waals surface area contributed by atoms with Gasteiger partial charge in [0.1, 0.15) is 5.82 Å². The summed E-state index contributed by atoms with van der Waals surface area (Å²) >= 11 is 0. The summed E-state index contributed by atoms with van der Waals surface area (Å²) in [6, 6.07) is 22.1. The fourth-order valence-electron chi connectivity index (χ4n) is 3.17. The molecule has 0 bridgehead atoms. The maximum Gasteiger partial charge on any atom is 0.320 e. The number of benzene rings is 3. The molecule has 1 N–H and O–H groups in total. The molecule has 152 valence electrons. The number of para-hydroxylation sites is 2. The van der Waals surface area contributed by atoms with Crippen LogP contribution in [0.1, 0.15) is 17.7 Å². The maximum atomic E-state index is 13.6. The predicted molar refractivity (Wildman–Crippen MR) is 115 cm³/mol. The van der Waals surface area contributed by atoms with Crippen molar-refractivity contribution in [2.75, 3.05) is 5.32 Å². The van der Waals surface area contributed by atoms with Crippen molar-refractivity contribution < 1.29 is 13.6 Å². The molecule has 4 aromatic rings. The number of nitrogens with one attached hydrogen (secondary N) is 1. The quantitative estimate of drug-likeness (QED) is 0.431. The minimum Gasteiger partial charge on any atom is -0.323 e. The second kappa shape index (κ2) is 8.59. The van der Waals surface area contributed by atoms with E-state index in [0.29, 0.717) is 27.8 Å². The van der Waals surface area contributed by atoms with Crippen molar-refractivity contribution in [3.05, 3.63) is 90.0 Å². The number of halogens is 2. The van der Waals surface area contributed by atoms with E-state index < -0.39 is 6.55 Å². The topological polar surface area (TPSA) is 70.7 Å². The average molecular weight is 414 g/mol. The number of nitrogens with zero attached hydrogens (tertiary/aromatic N) is 3. The van der Waals surface area contributed by atoms with Gasteiger partial charge in [-0.15, -0.1) is 0 Å². The number of carbonyl (C=O) groups excluding carboxylic acids is 1. The van der Waals surface area contributed by atoms with E-state index in [0.717, 1.165) is 10.1 Å². The first-order valence-electron chi connectivity index (χ1n) is 9.40. The van der Waals surface area contributed by atoms with E-state index in [1.165, 1.54) is 6.08 Å². The van der Waals surface area contributed by atoms with Gasteiger partial charge in [0.25, 0.3) is 0 Å². The number of alkyl halides is 2. The van der Waals surface area contributed by atoms with Crippen LogP contribution in [0.25, 0.3) is 28.5 Å². The lowest BCUT2D eigenvalue weighted by Gasteiger charge is -2.09. The summed E-state index contributed by atoms with van der Waals surface area (Å²) in [7, 11) is 0. The third kappa shape index (κ3) is 4.33. The van der Waals surface area contributed by atoms with Crippen LogP contribution < -0.4 is 5.32 Å². The lowest BCUT2D eigenvalue weighted by Crippen LogP contribution is -2.07. The van der Waals surface area contributed by atoms with Crippen LogP contribution in [0, 0.1) is 11.3 Å². The molecule has 3 aromatic carbocycles. The minimum atomic E-state index is -2.73. The van der Waals surface area contributed by atoms with Crippen molar-refractivity contribution in [2.45, 2.75) is 6.55 Å². The summed E-state index contributed by atoms with van der Waals surface area (Å²) in [5.41, 5.74) is 3.22. The zero-order chi connectivity index (χ0) is 21.8. The Morgan fingerprint density at radius 2 is 1.74 bits per heavy atom. The number of nitriles is 1. The van der Waals surface area contributed by atoms with Gasteiger partial charge in [-0.3, -0.25) is 9.36 Å². The number of fused-ring (bicyclic) bond motifs is 1. The minimum absolute atomic E-state index is 0.162. The lowest BCUT2D eigenvalue weighted by atomic mass is 10.1. The smallest absolute Gasteiger partial charge is 0.320 e. The van der Waals surface area contributed by atoms with Crippen LogP contribution in [-0.4, -0.2) is 15.5 Å². The van der Waals surface area contributed by atoms with Crippen molar-refractivity contribution in [1.29, 1.82) is 5.26 Å². The summed E-state index contributed by atoms with van der Waals surface area (Å²) in [4.78, 5) is 16.5. The molecule has 1 amide bonds. The average Bonchev–Trinajstić information content (AvgIpc) is 3.18. The van der Waals surface area contributed by atoms with Crippen LogP contribution in [0.5, 0.6) is 0 Å². The second-order valence-corrected chi connectivity index (χ2v) is 6.71. The van der Waals surface area contributed by atoms with Gasteiger partial charge in [-0.05, 0) is 60.2 Å². The van der Waals surface area contributed by atoms with Gasteiger partial charge in [-0.2, -0.15) is 14.0 Å². The van der Waals surface area contributed by atoms with Crippen LogP contribution in [0.2, 0.25) is 0 Å². The highest BCUT2D eigenvalue weighted by molar-refractivity contribution is 6.02. The Balaban J connectivity index is 1.50. The van der Waals surface area contributed by atoms with Crippen molar-refractivity contribution in [1.82, 2.24) is 9.55 Å². The van der Waals surface area contributed by atoms with Crippen molar-refractivity contribution in [2.24, 2.45) is 0 Å². The highest BCUT2D eigenvalue weighted by atomic mass is 19.3. The molecule has 0 atom stereocenters. The third-order valence-corrected chi connectivity index (χ3v) is 4.67. The number of imidazole rings is 1. The van der Waals surface area contributed by atoms with Gasteiger partial charge in [0.2, 0.25) is 5.91 Å². The van der Waals surface area contributed by atoms with E-state index in [9.17, 15) is 13.6 Å². The van der Waals surface area contributed by atoms with E-state index in [1.54, 1.807) is 78.9 Å². The van der Waals surface area contributed by atoms with Crippen LogP contribution >= 0.6 is 0 Å². The summed E-state index contributed by atoms with van der Waals surface area (Å²) in [6.45, 7) is -2.73. The molecule has 0 unspecified atom stereocenters. The molecule has 0 saturated heterocycles. The summed E-state index contributed by atoms with van der Waals surface area (Å²) in [6.07, 6.45) is 3.02. The molecule has 1 heterocycles. The van der Waals surface area contributed by atoms with Crippen LogP contribution in [-0.2, 0) is 4.79 Å². The fraction of sp³-hybridized carbons (Fsp3) is 0.0417. The molecule has 0 aliphatic carbocycles. The number of carbonyl (C=O) groups is 1. The number of anilines is 1. The maximum absolute atomic E-state index is 13.6. The zero-order valence-corrected chi connectivity index (χ0v) is 16.2. The number of aromatic nitrogens is 2. The van der Waals surface area contributed by atoms with Crippen molar-refractivity contribution >= 4 is 28.7 Å². The Bertz CT molecular complexity index is 1300. The van der Waals surface area contributed by atoms with E-state index in [-0.39, 0.29) is 11.7 Å². The number of amides is 1. The lowest BCUT2D eigenvalue weighted by molar-refractivity contribution is -0.111. The van der Waals surface area contributed by atoms with Crippen molar-refractivity contribution in [3.63, 3.8) is 0 Å². The largest absolute Gasteiger partial charge is 0.323 e. The normalized spacial score (nSPS) is 11.2. The molecule has 0 saturated carbocycles. The first-order chi connectivity index (χ1) is 15.0.